The van der Waals surface area contributed by atoms with Gasteiger partial charge in [0.1, 0.15) is 12.2 Å². The first kappa shape index (κ1) is 24.3. The number of hydrogen-bond donors (Lipinski definition) is 2. The summed E-state index contributed by atoms with van der Waals surface area (Å²) in [6.45, 7) is 4.25. The Morgan fingerprint density at radius 3 is 2.23 bits per heavy atom. The van der Waals surface area contributed by atoms with Crippen molar-refractivity contribution in [2.75, 3.05) is 13.1 Å². The molecule has 11 heteroatoms. The Morgan fingerprint density at radius 1 is 1.03 bits per heavy atom. The number of alkyl halides is 3. The summed E-state index contributed by atoms with van der Waals surface area (Å²) in [7, 11) is 0. The summed E-state index contributed by atoms with van der Waals surface area (Å²) >= 11 is 0. The minimum atomic E-state index is -5.04. The number of carbonyl (C=O) groups is 3. The molecule has 2 N–H and O–H groups in total. The molecule has 0 unspecified atom stereocenters. The third-order valence-electron chi connectivity index (χ3n) is 4.36. The summed E-state index contributed by atoms with van der Waals surface area (Å²) in [6, 6.07) is 7.05. The van der Waals surface area contributed by atoms with E-state index >= 15 is 0 Å². The zero-order valence-corrected chi connectivity index (χ0v) is 17.5. The van der Waals surface area contributed by atoms with Gasteiger partial charge in [-0.05, 0) is 32.8 Å². The summed E-state index contributed by atoms with van der Waals surface area (Å²) in [6.07, 6.45) is -6.71. The molecule has 172 valence electrons. The van der Waals surface area contributed by atoms with Crippen molar-refractivity contribution in [3.63, 3.8) is 0 Å². The largest absolute Gasteiger partial charge is 0.471 e. The van der Waals surface area contributed by atoms with Crippen molar-refractivity contribution in [2.24, 2.45) is 0 Å². The average molecular weight is 445 g/mol. The molecule has 1 aliphatic rings. The number of benzene rings is 1. The highest BCUT2D eigenvalue weighted by Gasteiger charge is 2.45. The first-order valence-corrected chi connectivity index (χ1v) is 9.68. The van der Waals surface area contributed by atoms with Gasteiger partial charge < -0.3 is 25.0 Å². The number of likely N-dealkylation sites (tertiary alicyclic amines) is 1. The Labute approximate surface area is 178 Å². The van der Waals surface area contributed by atoms with Crippen molar-refractivity contribution >= 4 is 18.1 Å². The Morgan fingerprint density at radius 2 is 1.65 bits per heavy atom. The molecule has 3 amide bonds. The fourth-order valence-corrected chi connectivity index (χ4v) is 3.01. The van der Waals surface area contributed by atoms with Gasteiger partial charge in [0, 0.05) is 13.1 Å². The Hall–Kier alpha value is -2.98. The predicted octanol–water partition coefficient (Wildman–Crippen LogP) is 2.97. The molecule has 1 aromatic rings. The van der Waals surface area contributed by atoms with Crippen LogP contribution < -0.4 is 10.6 Å². The number of alkyl carbamates (subject to hydrolysis) is 2. The van der Waals surface area contributed by atoms with Crippen molar-refractivity contribution in [1.82, 2.24) is 15.5 Å². The Balaban J connectivity index is 2.04. The lowest BCUT2D eigenvalue weighted by Gasteiger charge is -2.39. The molecule has 1 saturated heterocycles. The van der Waals surface area contributed by atoms with Crippen LogP contribution in [0.1, 0.15) is 32.8 Å². The Bertz CT molecular complexity index is 781. The summed E-state index contributed by atoms with van der Waals surface area (Å²) in [5.74, 6) is -2.01. The normalized spacial score (nSPS) is 19.4. The summed E-state index contributed by atoms with van der Waals surface area (Å²) < 4.78 is 48.8. The monoisotopic (exact) mass is 445 g/mol. The number of rotatable bonds is 4. The van der Waals surface area contributed by atoms with E-state index in [-0.39, 0.29) is 19.6 Å². The second-order valence-electron chi connectivity index (χ2n) is 8.10. The van der Waals surface area contributed by atoms with Crippen LogP contribution in [0, 0.1) is 0 Å². The molecule has 31 heavy (non-hydrogen) atoms. The topological polar surface area (TPSA) is 97.0 Å². The minimum absolute atomic E-state index is 0.00923. The van der Waals surface area contributed by atoms with Crippen LogP contribution in [0.4, 0.5) is 22.8 Å². The highest BCUT2D eigenvalue weighted by molar-refractivity contribution is 5.82. The number of piperidine rings is 1. The molecule has 0 radical (unpaired) electrons. The lowest BCUT2D eigenvalue weighted by atomic mass is 9.99. The quantitative estimate of drug-likeness (QED) is 0.743. The van der Waals surface area contributed by atoms with Gasteiger partial charge in [0.15, 0.2) is 0 Å². The van der Waals surface area contributed by atoms with Gasteiger partial charge in [-0.2, -0.15) is 13.2 Å². The van der Waals surface area contributed by atoms with E-state index < -0.39 is 48.5 Å². The van der Waals surface area contributed by atoms with Gasteiger partial charge in [-0.1, -0.05) is 30.3 Å². The van der Waals surface area contributed by atoms with E-state index in [4.69, 9.17) is 9.47 Å². The molecule has 0 saturated carbocycles. The zero-order chi connectivity index (χ0) is 23.2. The van der Waals surface area contributed by atoms with Crippen LogP contribution in [-0.2, 0) is 20.9 Å². The first-order chi connectivity index (χ1) is 14.3. The van der Waals surface area contributed by atoms with Crippen LogP contribution in [0.25, 0.3) is 0 Å². The molecule has 0 spiro atoms. The summed E-state index contributed by atoms with van der Waals surface area (Å²) in [5, 5.41) is 5.00. The van der Waals surface area contributed by atoms with Crippen molar-refractivity contribution in [1.29, 1.82) is 0 Å². The van der Waals surface area contributed by atoms with Gasteiger partial charge in [-0.25, -0.2) is 9.59 Å². The standard InChI is InChI=1S/C20H26F3N3O5/c1-19(2,3)31-18(29)24-14-9-10-26(16(27)20(21,22)23)11-15(14)25-17(28)30-12-13-7-5-4-6-8-13/h4-8,14-15H,9-12H2,1-3H3,(H,24,29)(H,25,28)/t14-,15+/m1/s1. The van der Waals surface area contributed by atoms with Crippen LogP contribution in [0.15, 0.2) is 30.3 Å². The van der Waals surface area contributed by atoms with Crippen molar-refractivity contribution in [2.45, 2.75) is 57.7 Å². The molecule has 0 bridgehead atoms. The van der Waals surface area contributed by atoms with E-state index in [2.05, 4.69) is 10.6 Å². The number of nitrogens with one attached hydrogen (secondary N) is 2. The zero-order valence-electron chi connectivity index (χ0n) is 17.5. The van der Waals surface area contributed by atoms with E-state index in [0.29, 0.717) is 4.90 Å². The third-order valence-corrected chi connectivity index (χ3v) is 4.36. The molecule has 0 aromatic heterocycles. The maximum atomic E-state index is 12.8. The maximum Gasteiger partial charge on any atom is 0.471 e. The fourth-order valence-electron chi connectivity index (χ4n) is 3.01. The van der Waals surface area contributed by atoms with Gasteiger partial charge in [0.05, 0.1) is 12.1 Å². The molecule has 1 heterocycles. The van der Waals surface area contributed by atoms with Crippen molar-refractivity contribution in [3.8, 4) is 0 Å². The Kier molecular flexibility index (Phi) is 7.75. The van der Waals surface area contributed by atoms with Crippen molar-refractivity contribution in [3.05, 3.63) is 35.9 Å². The van der Waals surface area contributed by atoms with E-state index in [1.165, 1.54) is 0 Å². The lowest BCUT2D eigenvalue weighted by molar-refractivity contribution is -0.186. The first-order valence-electron chi connectivity index (χ1n) is 9.68. The average Bonchev–Trinajstić information content (AvgIpc) is 2.66. The summed E-state index contributed by atoms with van der Waals surface area (Å²) in [4.78, 5) is 36.5. The summed E-state index contributed by atoms with van der Waals surface area (Å²) in [5.41, 5.74) is -0.0622. The van der Waals surface area contributed by atoms with Gasteiger partial charge >= 0.3 is 24.3 Å². The molecular weight excluding hydrogens is 419 g/mol. The number of nitrogens with zero attached hydrogens (tertiary/aromatic N) is 1. The van der Waals surface area contributed by atoms with E-state index in [1.807, 2.05) is 0 Å². The molecule has 0 aliphatic carbocycles. The van der Waals surface area contributed by atoms with Crippen LogP contribution in [-0.4, -0.2) is 59.9 Å². The number of hydrogen-bond acceptors (Lipinski definition) is 5. The van der Waals surface area contributed by atoms with Crippen molar-refractivity contribution < 1.29 is 37.0 Å². The van der Waals surface area contributed by atoms with E-state index in [0.717, 1.165) is 5.56 Å². The van der Waals surface area contributed by atoms with Gasteiger partial charge in [-0.3, -0.25) is 4.79 Å². The molecule has 1 aliphatic heterocycles. The molecule has 2 rings (SSSR count). The van der Waals surface area contributed by atoms with Gasteiger partial charge in [-0.15, -0.1) is 0 Å². The molecule has 1 aromatic carbocycles. The lowest BCUT2D eigenvalue weighted by Crippen LogP contribution is -2.62. The second-order valence-corrected chi connectivity index (χ2v) is 8.10. The van der Waals surface area contributed by atoms with E-state index in [9.17, 15) is 27.6 Å². The number of halogens is 3. The SMILES string of the molecule is CC(C)(C)OC(=O)N[C@@H]1CCN(C(=O)C(F)(F)F)C[C@@H]1NC(=O)OCc1ccccc1. The third kappa shape index (κ3) is 7.99. The highest BCUT2D eigenvalue weighted by Crippen LogP contribution is 2.22. The molecule has 1 fully saturated rings. The molecular formula is C20H26F3N3O5. The van der Waals surface area contributed by atoms with E-state index in [1.54, 1.807) is 51.1 Å². The molecule has 8 nitrogen and oxygen atoms in total. The van der Waals surface area contributed by atoms with Crippen LogP contribution >= 0.6 is 0 Å². The minimum Gasteiger partial charge on any atom is -0.445 e. The van der Waals surface area contributed by atoms with Crippen LogP contribution in [0.3, 0.4) is 0 Å². The fraction of sp³-hybridized carbons (Fsp3) is 0.550. The van der Waals surface area contributed by atoms with Crippen LogP contribution in [0.2, 0.25) is 0 Å². The smallest absolute Gasteiger partial charge is 0.445 e. The maximum absolute atomic E-state index is 12.8. The van der Waals surface area contributed by atoms with Gasteiger partial charge in [0.25, 0.3) is 0 Å². The number of carbonyl (C=O) groups excluding carboxylic acids is 3. The predicted molar refractivity (Wildman–Crippen MR) is 104 cm³/mol. The highest BCUT2D eigenvalue weighted by atomic mass is 19.4. The number of amides is 3. The second kappa shape index (κ2) is 9.88. The van der Waals surface area contributed by atoms with Gasteiger partial charge in [0.2, 0.25) is 0 Å². The van der Waals surface area contributed by atoms with Crippen LogP contribution in [0.5, 0.6) is 0 Å². The molecule has 2 atom stereocenters. The number of ether oxygens (including phenoxy) is 2.